The van der Waals surface area contributed by atoms with Crippen molar-refractivity contribution >= 4 is 17.7 Å². The molecule has 0 aromatic heterocycles. The predicted octanol–water partition coefficient (Wildman–Crippen LogP) is 4.45. The van der Waals surface area contributed by atoms with Crippen LogP contribution in [-0.2, 0) is 16.1 Å². The first-order valence-corrected chi connectivity index (χ1v) is 9.52. The summed E-state index contributed by atoms with van der Waals surface area (Å²) in [5.74, 6) is -0.472. The highest BCUT2D eigenvalue weighted by Gasteiger charge is 2.39. The second kappa shape index (κ2) is 9.21. The third-order valence-electron chi connectivity index (χ3n) is 4.95. The van der Waals surface area contributed by atoms with Crippen LogP contribution in [0.3, 0.4) is 0 Å². The maximum absolute atomic E-state index is 13.1. The van der Waals surface area contributed by atoms with E-state index in [4.69, 9.17) is 4.74 Å². The van der Waals surface area contributed by atoms with E-state index in [-0.39, 0.29) is 24.0 Å². The average Bonchev–Trinajstić information content (AvgIpc) is 3.17. The number of ether oxygens (including phenoxy) is 1. The molecule has 0 bridgehead atoms. The van der Waals surface area contributed by atoms with Crippen LogP contribution < -0.4 is 5.32 Å². The van der Waals surface area contributed by atoms with Crippen LogP contribution in [0.5, 0.6) is 0 Å². The van der Waals surface area contributed by atoms with Crippen LogP contribution in [0.2, 0.25) is 0 Å². The van der Waals surface area contributed by atoms with E-state index in [1.165, 1.54) is 0 Å². The summed E-state index contributed by atoms with van der Waals surface area (Å²) in [5.41, 5.74) is 1.78. The monoisotopic (exact) mass is 366 g/mol. The van der Waals surface area contributed by atoms with Crippen molar-refractivity contribution in [3.05, 3.63) is 66.2 Å². The minimum atomic E-state index is -0.268. The van der Waals surface area contributed by atoms with Crippen LogP contribution in [0.15, 0.2) is 60.7 Å². The van der Waals surface area contributed by atoms with Crippen molar-refractivity contribution in [1.29, 1.82) is 0 Å². The summed E-state index contributed by atoms with van der Waals surface area (Å²) < 4.78 is 5.26. The largest absolute Gasteiger partial charge is 0.466 e. The van der Waals surface area contributed by atoms with Crippen molar-refractivity contribution < 1.29 is 14.3 Å². The summed E-state index contributed by atoms with van der Waals surface area (Å²) in [4.78, 5) is 27.3. The van der Waals surface area contributed by atoms with Crippen LogP contribution in [0, 0.1) is 5.92 Å². The number of benzene rings is 2. The lowest BCUT2D eigenvalue weighted by Gasteiger charge is -2.32. The van der Waals surface area contributed by atoms with Crippen molar-refractivity contribution in [2.24, 2.45) is 5.92 Å². The quantitative estimate of drug-likeness (QED) is 0.768. The highest BCUT2D eigenvalue weighted by Crippen LogP contribution is 2.32. The number of carbonyl (C=O) groups excluding carboxylic acids is 2. The van der Waals surface area contributed by atoms with E-state index in [0.29, 0.717) is 13.2 Å². The number of hydrogen-bond donors (Lipinski definition) is 1. The Morgan fingerprint density at radius 2 is 1.70 bits per heavy atom. The maximum Gasteiger partial charge on any atom is 0.322 e. The zero-order valence-electron chi connectivity index (χ0n) is 15.6. The summed E-state index contributed by atoms with van der Waals surface area (Å²) in [7, 11) is 0. The highest BCUT2D eigenvalue weighted by atomic mass is 16.5. The number of amides is 2. The van der Waals surface area contributed by atoms with E-state index in [1.54, 1.807) is 4.90 Å². The molecule has 1 N–H and O–H groups in total. The first-order valence-electron chi connectivity index (χ1n) is 9.52. The number of esters is 1. The zero-order chi connectivity index (χ0) is 19.1. The number of carbonyl (C=O) groups is 2. The Bertz CT molecular complexity index is 749. The molecule has 0 spiro atoms. The molecule has 0 unspecified atom stereocenters. The molecular weight excluding hydrogens is 340 g/mol. The number of urea groups is 1. The Kier molecular flexibility index (Phi) is 6.47. The molecule has 0 saturated heterocycles. The fourth-order valence-corrected chi connectivity index (χ4v) is 3.67. The first kappa shape index (κ1) is 19.0. The Morgan fingerprint density at radius 3 is 2.37 bits per heavy atom. The van der Waals surface area contributed by atoms with Crippen LogP contribution in [0.4, 0.5) is 10.5 Å². The van der Waals surface area contributed by atoms with Crippen molar-refractivity contribution in [2.75, 3.05) is 11.9 Å². The van der Waals surface area contributed by atoms with Crippen molar-refractivity contribution in [1.82, 2.24) is 4.90 Å². The molecule has 1 saturated carbocycles. The fourth-order valence-electron chi connectivity index (χ4n) is 3.67. The molecule has 2 aromatic carbocycles. The number of anilines is 1. The molecule has 27 heavy (non-hydrogen) atoms. The first-order chi connectivity index (χ1) is 13.2. The molecule has 0 heterocycles. The smallest absolute Gasteiger partial charge is 0.322 e. The molecule has 142 valence electrons. The van der Waals surface area contributed by atoms with Gasteiger partial charge in [-0.2, -0.15) is 0 Å². The van der Waals surface area contributed by atoms with E-state index in [2.05, 4.69) is 5.32 Å². The second-order valence-corrected chi connectivity index (χ2v) is 6.77. The molecule has 2 amide bonds. The minimum Gasteiger partial charge on any atom is -0.466 e. The van der Waals surface area contributed by atoms with Gasteiger partial charge in [0.15, 0.2) is 0 Å². The lowest BCUT2D eigenvalue weighted by molar-refractivity contribution is -0.149. The molecular formula is C22H26N2O3. The van der Waals surface area contributed by atoms with Gasteiger partial charge in [0, 0.05) is 18.3 Å². The molecule has 1 fully saturated rings. The molecule has 2 atom stereocenters. The second-order valence-electron chi connectivity index (χ2n) is 6.77. The third kappa shape index (κ3) is 4.88. The Hall–Kier alpha value is -2.82. The summed E-state index contributed by atoms with van der Waals surface area (Å²) in [6.45, 7) is 2.63. The van der Waals surface area contributed by atoms with E-state index in [1.807, 2.05) is 67.6 Å². The Morgan fingerprint density at radius 1 is 1.04 bits per heavy atom. The zero-order valence-corrected chi connectivity index (χ0v) is 15.6. The van der Waals surface area contributed by atoms with Gasteiger partial charge in [-0.1, -0.05) is 55.0 Å². The number of rotatable bonds is 6. The van der Waals surface area contributed by atoms with Crippen LogP contribution in [0.25, 0.3) is 0 Å². The summed E-state index contributed by atoms with van der Waals surface area (Å²) >= 11 is 0. The van der Waals surface area contributed by atoms with Gasteiger partial charge in [0.1, 0.15) is 0 Å². The van der Waals surface area contributed by atoms with E-state index >= 15 is 0 Å². The fraction of sp³-hybridized carbons (Fsp3) is 0.364. The number of nitrogens with one attached hydrogen (secondary N) is 1. The standard InChI is InChI=1S/C22H26N2O3/c1-2-27-21(25)19-14-9-15-20(19)24(16-17-10-5-3-6-11-17)22(26)23-18-12-7-4-8-13-18/h3-8,10-13,19-20H,2,9,14-16H2,1H3,(H,23,26)/t19-,20-/m1/s1. The molecule has 1 aliphatic carbocycles. The molecule has 3 rings (SSSR count). The molecule has 5 heteroatoms. The van der Waals surface area contributed by atoms with Crippen LogP contribution >= 0.6 is 0 Å². The van der Waals surface area contributed by atoms with Gasteiger partial charge in [-0.15, -0.1) is 0 Å². The molecule has 2 aromatic rings. The minimum absolute atomic E-state index is 0.159. The van der Waals surface area contributed by atoms with Gasteiger partial charge < -0.3 is 15.0 Å². The third-order valence-corrected chi connectivity index (χ3v) is 4.95. The number of para-hydroxylation sites is 1. The SMILES string of the molecule is CCOC(=O)[C@@H]1CCC[C@H]1N(Cc1ccccc1)C(=O)Nc1ccccc1. The van der Waals surface area contributed by atoms with E-state index in [0.717, 1.165) is 30.5 Å². The van der Waals surface area contributed by atoms with Gasteiger partial charge in [0.2, 0.25) is 0 Å². The van der Waals surface area contributed by atoms with Gasteiger partial charge in [-0.05, 0) is 37.5 Å². The number of hydrogen-bond acceptors (Lipinski definition) is 3. The van der Waals surface area contributed by atoms with Gasteiger partial charge >= 0.3 is 12.0 Å². The molecule has 0 radical (unpaired) electrons. The predicted molar refractivity (Wildman–Crippen MR) is 105 cm³/mol. The van der Waals surface area contributed by atoms with Crippen molar-refractivity contribution in [2.45, 2.75) is 38.8 Å². The Balaban J connectivity index is 1.82. The Labute approximate surface area is 160 Å². The lowest BCUT2D eigenvalue weighted by Crippen LogP contribution is -2.46. The highest BCUT2D eigenvalue weighted by molar-refractivity contribution is 5.90. The van der Waals surface area contributed by atoms with E-state index in [9.17, 15) is 9.59 Å². The van der Waals surface area contributed by atoms with Gasteiger partial charge in [-0.25, -0.2) is 4.79 Å². The summed E-state index contributed by atoms with van der Waals surface area (Å²) in [6.07, 6.45) is 2.48. The average molecular weight is 366 g/mol. The van der Waals surface area contributed by atoms with Crippen molar-refractivity contribution in [3.63, 3.8) is 0 Å². The topological polar surface area (TPSA) is 58.6 Å². The molecule has 1 aliphatic rings. The maximum atomic E-state index is 13.1. The van der Waals surface area contributed by atoms with Gasteiger partial charge in [0.05, 0.1) is 12.5 Å². The molecule has 0 aliphatic heterocycles. The van der Waals surface area contributed by atoms with Gasteiger partial charge in [0.25, 0.3) is 0 Å². The summed E-state index contributed by atoms with van der Waals surface area (Å²) in [6, 6.07) is 18.9. The normalized spacial score (nSPS) is 18.7. The van der Waals surface area contributed by atoms with E-state index < -0.39 is 0 Å². The molecule has 5 nitrogen and oxygen atoms in total. The number of nitrogens with zero attached hydrogens (tertiary/aromatic N) is 1. The summed E-state index contributed by atoms with van der Waals surface area (Å²) in [5, 5.41) is 2.97. The van der Waals surface area contributed by atoms with Crippen LogP contribution in [-0.4, -0.2) is 29.5 Å². The van der Waals surface area contributed by atoms with Gasteiger partial charge in [-0.3, -0.25) is 4.79 Å². The lowest BCUT2D eigenvalue weighted by atomic mass is 10.0. The van der Waals surface area contributed by atoms with Crippen LogP contribution in [0.1, 0.15) is 31.7 Å². The van der Waals surface area contributed by atoms with Crippen molar-refractivity contribution in [3.8, 4) is 0 Å².